The van der Waals surface area contributed by atoms with Crippen molar-refractivity contribution in [3.8, 4) is 6.07 Å². The number of hydrogen-bond acceptors (Lipinski definition) is 8. The lowest BCUT2D eigenvalue weighted by Crippen LogP contribution is -2.24. The summed E-state index contributed by atoms with van der Waals surface area (Å²) in [5.41, 5.74) is 0.458. The fourth-order valence-electron chi connectivity index (χ4n) is 2.02. The number of fused-ring (bicyclic) bond motifs is 1. The van der Waals surface area contributed by atoms with E-state index in [9.17, 15) is 4.79 Å². The molecule has 0 spiro atoms. The largest absolute Gasteiger partial charge is 0.281 e. The zero-order valence-corrected chi connectivity index (χ0v) is 14.5. The lowest BCUT2D eigenvalue weighted by atomic mass is 10.2. The van der Waals surface area contributed by atoms with Crippen molar-refractivity contribution in [1.82, 2.24) is 19.7 Å². The predicted octanol–water partition coefficient (Wildman–Crippen LogP) is 2.79. The average molecular weight is 361 g/mol. The van der Waals surface area contributed by atoms with Crippen LogP contribution in [0.1, 0.15) is 5.82 Å². The van der Waals surface area contributed by atoms with Gasteiger partial charge in [0.15, 0.2) is 8.68 Å². The van der Waals surface area contributed by atoms with Crippen LogP contribution in [0, 0.1) is 11.3 Å². The van der Waals surface area contributed by atoms with Gasteiger partial charge in [-0.1, -0.05) is 47.0 Å². The van der Waals surface area contributed by atoms with Gasteiger partial charge in [0.25, 0.3) is 5.56 Å². The Bertz CT molecular complexity index is 943. The zero-order valence-electron chi connectivity index (χ0n) is 12.1. The number of rotatable bonds is 5. The first-order valence-electron chi connectivity index (χ1n) is 6.58. The third kappa shape index (κ3) is 3.39. The molecule has 1 aromatic carbocycles. The Morgan fingerprint density at radius 3 is 2.83 bits per heavy atom. The minimum Gasteiger partial charge on any atom is -0.281 e. The van der Waals surface area contributed by atoms with E-state index in [2.05, 4.69) is 15.2 Å². The molecular formula is C14H11N5OS3. The maximum atomic E-state index is 12.5. The van der Waals surface area contributed by atoms with Gasteiger partial charge in [-0.05, 0) is 18.4 Å². The van der Waals surface area contributed by atoms with Gasteiger partial charge < -0.3 is 0 Å². The second-order valence-corrected chi connectivity index (χ2v) is 7.67. The van der Waals surface area contributed by atoms with E-state index in [-0.39, 0.29) is 12.1 Å². The minimum atomic E-state index is -0.185. The highest BCUT2D eigenvalue weighted by Crippen LogP contribution is 2.29. The van der Waals surface area contributed by atoms with Gasteiger partial charge >= 0.3 is 0 Å². The summed E-state index contributed by atoms with van der Waals surface area (Å²) in [5, 5.41) is 17.7. The molecule has 0 fully saturated rings. The standard InChI is InChI=1S/C14H11N5OS3/c1-21-13-17-18-14(23-13)22-8-11-16-10-5-3-2-4-9(10)12(20)19(11)7-6-15/h2-5H,7-8H2,1H3. The first-order valence-corrected chi connectivity index (χ1v) is 9.61. The number of benzene rings is 1. The first kappa shape index (κ1) is 16.0. The molecule has 0 atom stereocenters. The van der Waals surface area contributed by atoms with Crippen molar-refractivity contribution in [2.75, 3.05) is 6.26 Å². The molecule has 0 N–H and O–H groups in total. The summed E-state index contributed by atoms with van der Waals surface area (Å²) in [6.45, 7) is -0.0151. The van der Waals surface area contributed by atoms with E-state index in [0.717, 1.165) is 8.68 Å². The zero-order chi connectivity index (χ0) is 16.2. The Morgan fingerprint density at radius 2 is 2.09 bits per heavy atom. The van der Waals surface area contributed by atoms with Crippen LogP contribution in [0.3, 0.4) is 0 Å². The fraction of sp³-hybridized carbons (Fsp3) is 0.214. The van der Waals surface area contributed by atoms with Gasteiger partial charge in [0.05, 0.1) is 22.7 Å². The van der Waals surface area contributed by atoms with Crippen LogP contribution < -0.4 is 5.56 Å². The molecule has 116 valence electrons. The van der Waals surface area contributed by atoms with Gasteiger partial charge in [-0.3, -0.25) is 9.36 Å². The van der Waals surface area contributed by atoms with E-state index in [4.69, 9.17) is 5.26 Å². The highest BCUT2D eigenvalue weighted by Gasteiger charge is 2.12. The summed E-state index contributed by atoms with van der Waals surface area (Å²) < 4.78 is 3.14. The average Bonchev–Trinajstić information content (AvgIpc) is 3.04. The molecule has 6 nitrogen and oxygen atoms in total. The molecule has 0 aliphatic rings. The normalized spacial score (nSPS) is 10.8. The SMILES string of the molecule is CSc1nnc(SCc2nc3ccccc3c(=O)n2CC#N)s1. The smallest absolute Gasteiger partial charge is 0.262 e. The highest BCUT2D eigenvalue weighted by molar-refractivity contribution is 8.02. The number of hydrogen-bond donors (Lipinski definition) is 0. The van der Waals surface area contributed by atoms with Crippen LogP contribution >= 0.6 is 34.9 Å². The van der Waals surface area contributed by atoms with Crippen LogP contribution in [-0.2, 0) is 12.3 Å². The van der Waals surface area contributed by atoms with Gasteiger partial charge in [-0.2, -0.15) is 5.26 Å². The van der Waals surface area contributed by atoms with Crippen LogP contribution in [0.4, 0.5) is 0 Å². The summed E-state index contributed by atoms with van der Waals surface area (Å²) in [7, 11) is 0. The number of thioether (sulfide) groups is 2. The number of nitrogens with zero attached hydrogens (tertiary/aromatic N) is 5. The van der Waals surface area contributed by atoms with Gasteiger partial charge in [0, 0.05) is 0 Å². The van der Waals surface area contributed by atoms with Gasteiger partial charge in [0.1, 0.15) is 12.4 Å². The number of nitriles is 1. The highest BCUT2D eigenvalue weighted by atomic mass is 32.2. The maximum absolute atomic E-state index is 12.5. The molecule has 0 saturated carbocycles. The lowest BCUT2D eigenvalue weighted by molar-refractivity contribution is 0.730. The lowest BCUT2D eigenvalue weighted by Gasteiger charge is -2.09. The molecule has 0 radical (unpaired) electrons. The van der Waals surface area contributed by atoms with E-state index >= 15 is 0 Å². The van der Waals surface area contributed by atoms with Crippen LogP contribution in [0.25, 0.3) is 10.9 Å². The topological polar surface area (TPSA) is 84.5 Å². The fourth-order valence-corrected chi connectivity index (χ4v) is 4.41. The molecule has 0 unspecified atom stereocenters. The van der Waals surface area contributed by atoms with Crippen molar-refractivity contribution in [2.45, 2.75) is 21.0 Å². The van der Waals surface area contributed by atoms with Crippen LogP contribution in [0.5, 0.6) is 0 Å². The van der Waals surface area contributed by atoms with Crippen LogP contribution in [0.2, 0.25) is 0 Å². The molecule has 0 bridgehead atoms. The molecule has 2 aromatic heterocycles. The van der Waals surface area contributed by atoms with Gasteiger partial charge in [-0.25, -0.2) is 4.98 Å². The molecule has 9 heteroatoms. The van der Waals surface area contributed by atoms with Crippen LogP contribution in [0.15, 0.2) is 37.7 Å². The molecule has 0 aliphatic heterocycles. The van der Waals surface area contributed by atoms with E-state index in [1.54, 1.807) is 30.0 Å². The molecule has 0 amide bonds. The van der Waals surface area contributed by atoms with Crippen molar-refractivity contribution < 1.29 is 0 Å². The third-order valence-corrected chi connectivity index (χ3v) is 6.08. The summed E-state index contributed by atoms with van der Waals surface area (Å²) >= 11 is 4.51. The summed E-state index contributed by atoms with van der Waals surface area (Å²) in [6.07, 6.45) is 1.95. The Kier molecular flexibility index (Phi) is 4.95. The van der Waals surface area contributed by atoms with Gasteiger partial charge in [-0.15, -0.1) is 10.2 Å². The Hall–Kier alpha value is -1.89. The summed E-state index contributed by atoms with van der Waals surface area (Å²) in [6, 6.07) is 9.19. The maximum Gasteiger partial charge on any atom is 0.262 e. The molecule has 0 aliphatic carbocycles. The molecule has 3 rings (SSSR count). The first-order chi connectivity index (χ1) is 11.2. The van der Waals surface area contributed by atoms with Crippen molar-refractivity contribution in [1.29, 1.82) is 5.26 Å². The van der Waals surface area contributed by atoms with E-state index in [1.807, 2.05) is 18.4 Å². The Morgan fingerprint density at radius 1 is 1.30 bits per heavy atom. The van der Waals surface area contributed by atoms with E-state index < -0.39 is 0 Å². The Balaban J connectivity index is 1.96. The second-order valence-electron chi connectivity index (χ2n) is 4.42. The van der Waals surface area contributed by atoms with Crippen molar-refractivity contribution in [3.63, 3.8) is 0 Å². The molecule has 0 saturated heterocycles. The van der Waals surface area contributed by atoms with Crippen molar-refractivity contribution in [3.05, 3.63) is 40.4 Å². The molecular weight excluding hydrogens is 350 g/mol. The summed E-state index contributed by atoms with van der Waals surface area (Å²) in [4.78, 5) is 17.1. The quantitative estimate of drug-likeness (QED) is 0.646. The van der Waals surface area contributed by atoms with E-state index in [1.165, 1.54) is 27.7 Å². The third-order valence-electron chi connectivity index (χ3n) is 3.06. The molecule has 23 heavy (non-hydrogen) atoms. The van der Waals surface area contributed by atoms with E-state index in [0.29, 0.717) is 22.5 Å². The molecule has 3 aromatic rings. The monoisotopic (exact) mass is 361 g/mol. The second kappa shape index (κ2) is 7.12. The Labute approximate surface area is 144 Å². The van der Waals surface area contributed by atoms with Crippen molar-refractivity contribution >= 4 is 45.8 Å². The predicted molar refractivity (Wildman–Crippen MR) is 92.9 cm³/mol. The molecule has 2 heterocycles. The minimum absolute atomic E-state index is 0.0151. The number of aromatic nitrogens is 4. The van der Waals surface area contributed by atoms with Crippen LogP contribution in [-0.4, -0.2) is 26.0 Å². The van der Waals surface area contributed by atoms with Crippen molar-refractivity contribution in [2.24, 2.45) is 0 Å². The number of para-hydroxylation sites is 1. The van der Waals surface area contributed by atoms with Gasteiger partial charge in [0.2, 0.25) is 0 Å². The summed E-state index contributed by atoms with van der Waals surface area (Å²) in [5.74, 6) is 1.03.